The fourth-order valence-corrected chi connectivity index (χ4v) is 2.09. The van der Waals surface area contributed by atoms with E-state index in [1.807, 2.05) is 12.1 Å². The molecule has 0 aliphatic carbocycles. The zero-order valence-electron chi connectivity index (χ0n) is 9.72. The third-order valence-corrected chi connectivity index (χ3v) is 3.03. The maximum Gasteiger partial charge on any atom is 0.0529 e. The van der Waals surface area contributed by atoms with Crippen LogP contribution in [0.4, 0.5) is 5.69 Å². The van der Waals surface area contributed by atoms with Crippen molar-refractivity contribution in [1.82, 2.24) is 4.57 Å². The molecule has 0 atom stereocenters. The molecule has 17 heavy (non-hydrogen) atoms. The van der Waals surface area contributed by atoms with E-state index in [9.17, 15) is 0 Å². The van der Waals surface area contributed by atoms with E-state index in [0.717, 1.165) is 5.69 Å². The Labute approximate surface area is 100 Å². The van der Waals surface area contributed by atoms with Crippen LogP contribution < -0.4 is 5.73 Å². The quantitative estimate of drug-likeness (QED) is 0.627. The lowest BCUT2D eigenvalue weighted by Gasteiger charge is -2.06. The van der Waals surface area contributed by atoms with Gasteiger partial charge in [0.15, 0.2) is 0 Å². The van der Waals surface area contributed by atoms with Crippen molar-refractivity contribution in [2.75, 3.05) is 5.73 Å². The highest BCUT2D eigenvalue weighted by atomic mass is 15.0. The first-order valence-corrected chi connectivity index (χ1v) is 5.68. The molecule has 3 rings (SSSR count). The zero-order chi connectivity index (χ0) is 11.8. The maximum atomic E-state index is 5.78. The van der Waals surface area contributed by atoms with Gasteiger partial charge >= 0.3 is 0 Å². The number of hydrogen-bond acceptors (Lipinski definition) is 1. The number of anilines is 1. The summed E-state index contributed by atoms with van der Waals surface area (Å²) >= 11 is 0. The standard InChI is InChI=1S/C15H14N2/c1-11-2-5-14(6-3-11)17-9-8-12-10-13(16)4-7-15(12)17/h2-10H,16H2,1H3. The summed E-state index contributed by atoms with van der Waals surface area (Å²) in [6.45, 7) is 2.10. The molecule has 2 N–H and O–H groups in total. The monoisotopic (exact) mass is 222 g/mol. The molecule has 0 unspecified atom stereocenters. The summed E-state index contributed by atoms with van der Waals surface area (Å²) in [7, 11) is 0. The molecule has 2 heteroatoms. The van der Waals surface area contributed by atoms with Crippen molar-refractivity contribution in [1.29, 1.82) is 0 Å². The molecule has 0 aliphatic rings. The predicted molar refractivity (Wildman–Crippen MR) is 72.4 cm³/mol. The third kappa shape index (κ3) is 1.68. The highest BCUT2D eigenvalue weighted by molar-refractivity contribution is 5.84. The van der Waals surface area contributed by atoms with E-state index >= 15 is 0 Å². The Balaban J connectivity index is 2.21. The molecule has 84 valence electrons. The summed E-state index contributed by atoms with van der Waals surface area (Å²) in [5.41, 5.74) is 10.2. The highest BCUT2D eigenvalue weighted by Crippen LogP contribution is 2.22. The highest BCUT2D eigenvalue weighted by Gasteiger charge is 2.02. The molecule has 0 amide bonds. The van der Waals surface area contributed by atoms with Crippen LogP contribution >= 0.6 is 0 Å². The first kappa shape index (κ1) is 9.97. The van der Waals surface area contributed by atoms with Crippen LogP contribution in [0.15, 0.2) is 54.7 Å². The van der Waals surface area contributed by atoms with Crippen LogP contribution in [-0.2, 0) is 0 Å². The number of nitrogens with two attached hydrogens (primary N) is 1. The number of aryl methyl sites for hydroxylation is 1. The minimum atomic E-state index is 0.805. The SMILES string of the molecule is Cc1ccc(-n2ccc3cc(N)ccc32)cc1. The molecule has 1 aromatic heterocycles. The van der Waals surface area contributed by atoms with Gasteiger partial charge in [-0.2, -0.15) is 0 Å². The Morgan fingerprint density at radius 1 is 0.941 bits per heavy atom. The van der Waals surface area contributed by atoms with Gasteiger partial charge < -0.3 is 10.3 Å². The number of aromatic nitrogens is 1. The zero-order valence-corrected chi connectivity index (χ0v) is 9.72. The Bertz CT molecular complexity index is 663. The number of hydrogen-bond donors (Lipinski definition) is 1. The van der Waals surface area contributed by atoms with Gasteiger partial charge in [-0.05, 0) is 43.3 Å². The van der Waals surface area contributed by atoms with Crippen molar-refractivity contribution >= 4 is 16.6 Å². The molecular formula is C15H14N2. The average Bonchev–Trinajstić information content (AvgIpc) is 2.73. The minimum absolute atomic E-state index is 0.805. The summed E-state index contributed by atoms with van der Waals surface area (Å²) in [5.74, 6) is 0. The van der Waals surface area contributed by atoms with Crippen LogP contribution in [0.2, 0.25) is 0 Å². The van der Waals surface area contributed by atoms with Gasteiger partial charge in [-0.15, -0.1) is 0 Å². The predicted octanol–water partition coefficient (Wildman–Crippen LogP) is 3.52. The second-order valence-electron chi connectivity index (χ2n) is 4.34. The van der Waals surface area contributed by atoms with Gasteiger partial charge in [0.2, 0.25) is 0 Å². The van der Waals surface area contributed by atoms with Crippen molar-refractivity contribution in [2.45, 2.75) is 6.92 Å². The van der Waals surface area contributed by atoms with E-state index in [1.165, 1.54) is 22.2 Å². The number of nitrogen functional groups attached to an aromatic ring is 1. The molecule has 3 aromatic rings. The summed E-state index contributed by atoms with van der Waals surface area (Å²) < 4.78 is 2.17. The van der Waals surface area contributed by atoms with E-state index < -0.39 is 0 Å². The molecule has 1 heterocycles. The number of benzene rings is 2. The van der Waals surface area contributed by atoms with Crippen LogP contribution in [0.3, 0.4) is 0 Å². The van der Waals surface area contributed by atoms with E-state index in [2.05, 4.69) is 54.1 Å². The molecule has 0 radical (unpaired) electrons. The Hall–Kier alpha value is -2.22. The fraction of sp³-hybridized carbons (Fsp3) is 0.0667. The van der Waals surface area contributed by atoms with Gasteiger partial charge in [-0.25, -0.2) is 0 Å². The van der Waals surface area contributed by atoms with Gasteiger partial charge in [-0.3, -0.25) is 0 Å². The van der Waals surface area contributed by atoms with Crippen LogP contribution in [0, 0.1) is 6.92 Å². The van der Waals surface area contributed by atoms with E-state index in [4.69, 9.17) is 5.73 Å². The normalized spacial score (nSPS) is 10.9. The molecule has 0 bridgehead atoms. The van der Waals surface area contributed by atoms with Gasteiger partial charge in [0.25, 0.3) is 0 Å². The first-order chi connectivity index (χ1) is 8.24. The third-order valence-electron chi connectivity index (χ3n) is 3.03. The van der Waals surface area contributed by atoms with Crippen LogP contribution in [0.5, 0.6) is 0 Å². The van der Waals surface area contributed by atoms with E-state index in [1.54, 1.807) is 0 Å². The lowest BCUT2D eigenvalue weighted by Crippen LogP contribution is -1.92. The topological polar surface area (TPSA) is 30.9 Å². The molecule has 2 aromatic carbocycles. The van der Waals surface area contributed by atoms with Gasteiger partial charge in [0.1, 0.15) is 0 Å². The smallest absolute Gasteiger partial charge is 0.0529 e. The van der Waals surface area contributed by atoms with Gasteiger partial charge in [0, 0.05) is 23.0 Å². The Morgan fingerprint density at radius 2 is 1.71 bits per heavy atom. The van der Waals surface area contributed by atoms with Crippen LogP contribution in [0.1, 0.15) is 5.56 Å². The van der Waals surface area contributed by atoms with Crippen LogP contribution in [-0.4, -0.2) is 4.57 Å². The summed E-state index contributed by atoms with van der Waals surface area (Å²) in [6.07, 6.45) is 2.08. The molecule has 0 saturated heterocycles. The second-order valence-corrected chi connectivity index (χ2v) is 4.34. The average molecular weight is 222 g/mol. The lowest BCUT2D eigenvalue weighted by molar-refractivity contribution is 1.12. The molecule has 0 saturated carbocycles. The van der Waals surface area contributed by atoms with Gasteiger partial charge in [0.05, 0.1) is 5.52 Å². The number of rotatable bonds is 1. The minimum Gasteiger partial charge on any atom is -0.399 e. The Morgan fingerprint density at radius 3 is 2.47 bits per heavy atom. The fourth-order valence-electron chi connectivity index (χ4n) is 2.09. The number of nitrogens with zero attached hydrogens (tertiary/aromatic N) is 1. The van der Waals surface area contributed by atoms with Crippen molar-refractivity contribution in [3.63, 3.8) is 0 Å². The molecular weight excluding hydrogens is 208 g/mol. The first-order valence-electron chi connectivity index (χ1n) is 5.68. The molecule has 0 fully saturated rings. The maximum absolute atomic E-state index is 5.78. The van der Waals surface area contributed by atoms with Crippen molar-refractivity contribution < 1.29 is 0 Å². The summed E-state index contributed by atoms with van der Waals surface area (Å²) in [5, 5.41) is 1.17. The van der Waals surface area contributed by atoms with Crippen molar-refractivity contribution in [3.05, 3.63) is 60.3 Å². The van der Waals surface area contributed by atoms with Crippen LogP contribution in [0.25, 0.3) is 16.6 Å². The largest absolute Gasteiger partial charge is 0.399 e. The van der Waals surface area contributed by atoms with Crippen molar-refractivity contribution in [2.24, 2.45) is 0 Å². The number of fused-ring (bicyclic) bond motifs is 1. The van der Waals surface area contributed by atoms with E-state index in [-0.39, 0.29) is 0 Å². The molecule has 0 aliphatic heterocycles. The molecule has 2 nitrogen and oxygen atoms in total. The second kappa shape index (κ2) is 3.67. The van der Waals surface area contributed by atoms with Gasteiger partial charge in [-0.1, -0.05) is 17.7 Å². The lowest BCUT2D eigenvalue weighted by atomic mass is 10.2. The van der Waals surface area contributed by atoms with Crippen molar-refractivity contribution in [3.8, 4) is 5.69 Å². The summed E-state index contributed by atoms with van der Waals surface area (Å²) in [4.78, 5) is 0. The summed E-state index contributed by atoms with van der Waals surface area (Å²) in [6, 6.07) is 16.6. The Kier molecular flexibility index (Phi) is 2.15. The van der Waals surface area contributed by atoms with E-state index in [0.29, 0.717) is 0 Å². The molecule has 0 spiro atoms.